The van der Waals surface area contributed by atoms with Crippen molar-refractivity contribution in [3.63, 3.8) is 0 Å². The van der Waals surface area contributed by atoms with Crippen LogP contribution in [0.3, 0.4) is 0 Å². The Bertz CT molecular complexity index is 585. The number of thioether (sulfide) groups is 1. The molecule has 2 N–H and O–H groups in total. The molecule has 1 atom stereocenters. The van der Waals surface area contributed by atoms with Gasteiger partial charge in [0.05, 0.1) is 18.3 Å². The second-order valence-corrected chi connectivity index (χ2v) is 6.66. The Kier molecular flexibility index (Phi) is 3.11. The quantitative estimate of drug-likeness (QED) is 0.933. The maximum Gasteiger partial charge on any atom is 0.102 e. The lowest BCUT2D eigenvalue weighted by molar-refractivity contribution is 0.530. The SMILES string of the molecule is CC(C)(N)c1cn(CC2CSc3ccccc32)nn1. The molecule has 1 aliphatic rings. The molecule has 0 amide bonds. The molecule has 3 rings (SSSR count). The lowest BCUT2D eigenvalue weighted by Crippen LogP contribution is -2.29. The summed E-state index contributed by atoms with van der Waals surface area (Å²) in [5, 5.41) is 8.36. The third-order valence-electron chi connectivity index (χ3n) is 3.41. The summed E-state index contributed by atoms with van der Waals surface area (Å²) >= 11 is 1.92. The van der Waals surface area contributed by atoms with Gasteiger partial charge in [0.25, 0.3) is 0 Å². The summed E-state index contributed by atoms with van der Waals surface area (Å²) in [5.41, 5.74) is 7.87. The monoisotopic (exact) mass is 274 g/mol. The van der Waals surface area contributed by atoms with Crippen molar-refractivity contribution in [2.45, 2.75) is 36.7 Å². The fraction of sp³-hybridized carbons (Fsp3) is 0.429. The van der Waals surface area contributed by atoms with Crippen LogP contribution in [0.1, 0.15) is 31.0 Å². The van der Waals surface area contributed by atoms with Gasteiger partial charge in [-0.3, -0.25) is 4.68 Å². The summed E-state index contributed by atoms with van der Waals surface area (Å²) in [6.07, 6.45) is 1.96. The van der Waals surface area contributed by atoms with E-state index in [2.05, 4.69) is 34.6 Å². The Morgan fingerprint density at radius 2 is 2.21 bits per heavy atom. The van der Waals surface area contributed by atoms with Gasteiger partial charge in [0, 0.05) is 16.6 Å². The normalized spacial score (nSPS) is 18.6. The highest BCUT2D eigenvalue weighted by Crippen LogP contribution is 2.39. The van der Waals surface area contributed by atoms with Gasteiger partial charge in [-0.2, -0.15) is 0 Å². The molecule has 1 unspecified atom stereocenters. The van der Waals surface area contributed by atoms with Gasteiger partial charge in [-0.05, 0) is 25.5 Å². The van der Waals surface area contributed by atoms with Crippen molar-refractivity contribution in [2.24, 2.45) is 5.73 Å². The van der Waals surface area contributed by atoms with Gasteiger partial charge in [0.1, 0.15) is 5.69 Å². The van der Waals surface area contributed by atoms with Crippen LogP contribution >= 0.6 is 11.8 Å². The molecule has 19 heavy (non-hydrogen) atoms. The van der Waals surface area contributed by atoms with Crippen molar-refractivity contribution < 1.29 is 0 Å². The first-order chi connectivity index (χ1) is 9.04. The van der Waals surface area contributed by atoms with Crippen LogP contribution in [0, 0.1) is 0 Å². The number of nitrogens with two attached hydrogens (primary N) is 1. The van der Waals surface area contributed by atoms with Crippen molar-refractivity contribution in [1.82, 2.24) is 15.0 Å². The van der Waals surface area contributed by atoms with Crippen molar-refractivity contribution in [3.8, 4) is 0 Å². The van der Waals surface area contributed by atoms with Crippen LogP contribution in [0.2, 0.25) is 0 Å². The minimum atomic E-state index is -0.430. The fourth-order valence-corrected chi connectivity index (χ4v) is 3.53. The van der Waals surface area contributed by atoms with E-state index in [1.165, 1.54) is 10.5 Å². The molecule has 0 aliphatic carbocycles. The van der Waals surface area contributed by atoms with E-state index >= 15 is 0 Å². The summed E-state index contributed by atoms with van der Waals surface area (Å²) in [7, 11) is 0. The van der Waals surface area contributed by atoms with E-state index < -0.39 is 5.54 Å². The van der Waals surface area contributed by atoms with E-state index in [0.717, 1.165) is 18.0 Å². The van der Waals surface area contributed by atoms with E-state index in [-0.39, 0.29) is 0 Å². The first kappa shape index (κ1) is 12.7. The zero-order valence-electron chi connectivity index (χ0n) is 11.2. The zero-order chi connectivity index (χ0) is 13.5. The molecule has 0 fully saturated rings. The first-order valence-corrected chi connectivity index (χ1v) is 7.44. The second-order valence-electron chi connectivity index (χ2n) is 5.59. The average molecular weight is 274 g/mol. The highest BCUT2D eigenvalue weighted by molar-refractivity contribution is 7.99. The molecule has 4 nitrogen and oxygen atoms in total. The molecule has 1 aromatic heterocycles. The summed E-state index contributed by atoms with van der Waals surface area (Å²) in [5.74, 6) is 1.62. The maximum atomic E-state index is 6.03. The number of benzene rings is 1. The molecule has 100 valence electrons. The van der Waals surface area contributed by atoms with Crippen LogP contribution in [0.5, 0.6) is 0 Å². The minimum Gasteiger partial charge on any atom is -0.320 e. The molecule has 2 aromatic rings. The van der Waals surface area contributed by atoms with E-state index in [0.29, 0.717) is 5.92 Å². The van der Waals surface area contributed by atoms with Crippen molar-refractivity contribution in [3.05, 3.63) is 41.7 Å². The molecule has 0 spiro atoms. The molecular formula is C14H18N4S. The number of nitrogens with zero attached hydrogens (tertiary/aromatic N) is 3. The molecule has 2 heterocycles. The third-order valence-corrected chi connectivity index (χ3v) is 4.66. The van der Waals surface area contributed by atoms with Gasteiger partial charge in [-0.15, -0.1) is 16.9 Å². The standard InChI is InChI=1S/C14H18N4S/c1-14(2,15)13-8-18(17-16-13)7-10-9-19-12-6-4-3-5-11(10)12/h3-6,8,10H,7,9,15H2,1-2H3. The first-order valence-electron chi connectivity index (χ1n) is 6.45. The van der Waals surface area contributed by atoms with Crippen LogP contribution in [0.15, 0.2) is 35.4 Å². The number of hydrogen-bond donors (Lipinski definition) is 1. The van der Waals surface area contributed by atoms with Crippen LogP contribution < -0.4 is 5.73 Å². The lowest BCUT2D eigenvalue weighted by Gasteiger charge is -2.14. The second kappa shape index (κ2) is 4.65. The van der Waals surface area contributed by atoms with Crippen LogP contribution in [-0.4, -0.2) is 20.7 Å². The van der Waals surface area contributed by atoms with Crippen molar-refractivity contribution >= 4 is 11.8 Å². The smallest absolute Gasteiger partial charge is 0.102 e. The number of fused-ring (bicyclic) bond motifs is 1. The minimum absolute atomic E-state index is 0.430. The van der Waals surface area contributed by atoms with E-state index in [4.69, 9.17) is 5.73 Å². The average Bonchev–Trinajstić information content (AvgIpc) is 2.97. The van der Waals surface area contributed by atoms with E-state index in [1.54, 1.807) is 0 Å². The number of hydrogen-bond acceptors (Lipinski definition) is 4. The van der Waals surface area contributed by atoms with E-state index in [1.807, 2.05) is 36.5 Å². The summed E-state index contributed by atoms with van der Waals surface area (Å²) in [6.45, 7) is 4.76. The van der Waals surface area contributed by atoms with Gasteiger partial charge < -0.3 is 5.73 Å². The van der Waals surface area contributed by atoms with Gasteiger partial charge in [-0.1, -0.05) is 23.4 Å². The molecule has 5 heteroatoms. The predicted molar refractivity (Wildman–Crippen MR) is 77.1 cm³/mol. The Balaban J connectivity index is 1.78. The highest BCUT2D eigenvalue weighted by atomic mass is 32.2. The predicted octanol–water partition coefficient (Wildman–Crippen LogP) is 2.36. The van der Waals surface area contributed by atoms with Gasteiger partial charge >= 0.3 is 0 Å². The van der Waals surface area contributed by atoms with Crippen LogP contribution in [-0.2, 0) is 12.1 Å². The molecular weight excluding hydrogens is 256 g/mol. The molecule has 0 saturated heterocycles. The highest BCUT2D eigenvalue weighted by Gasteiger charge is 2.24. The van der Waals surface area contributed by atoms with Gasteiger partial charge in [0.15, 0.2) is 0 Å². The summed E-state index contributed by atoms with van der Waals surface area (Å²) in [6, 6.07) is 8.60. The third kappa shape index (κ3) is 2.53. The zero-order valence-corrected chi connectivity index (χ0v) is 12.0. The summed E-state index contributed by atoms with van der Waals surface area (Å²) < 4.78 is 1.91. The largest absolute Gasteiger partial charge is 0.320 e. The van der Waals surface area contributed by atoms with Crippen LogP contribution in [0.25, 0.3) is 0 Å². The van der Waals surface area contributed by atoms with Gasteiger partial charge in [-0.25, -0.2) is 0 Å². The van der Waals surface area contributed by atoms with Crippen LogP contribution in [0.4, 0.5) is 0 Å². The number of aromatic nitrogens is 3. The molecule has 1 aromatic carbocycles. The lowest BCUT2D eigenvalue weighted by atomic mass is 10.0. The van der Waals surface area contributed by atoms with Crippen molar-refractivity contribution in [2.75, 3.05) is 5.75 Å². The Morgan fingerprint density at radius 3 is 2.95 bits per heavy atom. The van der Waals surface area contributed by atoms with E-state index in [9.17, 15) is 0 Å². The Morgan fingerprint density at radius 1 is 1.42 bits per heavy atom. The Labute approximate surface area is 117 Å². The Hall–Kier alpha value is -1.33. The summed E-state index contributed by atoms with van der Waals surface area (Å²) in [4.78, 5) is 1.40. The molecule has 1 aliphatic heterocycles. The van der Waals surface area contributed by atoms with Gasteiger partial charge in [0.2, 0.25) is 0 Å². The topological polar surface area (TPSA) is 56.7 Å². The fourth-order valence-electron chi connectivity index (χ4n) is 2.29. The van der Waals surface area contributed by atoms with Crippen molar-refractivity contribution in [1.29, 1.82) is 0 Å². The molecule has 0 radical (unpaired) electrons. The molecule has 0 saturated carbocycles. The molecule has 0 bridgehead atoms. The maximum absolute atomic E-state index is 6.03. The number of rotatable bonds is 3.